The monoisotopic (exact) mass is 352 g/mol. The lowest BCUT2D eigenvalue weighted by Gasteiger charge is -2.34. The van der Waals surface area contributed by atoms with Crippen molar-refractivity contribution in [3.8, 4) is 0 Å². The molecule has 24 heavy (non-hydrogen) atoms. The highest BCUT2D eigenvalue weighted by atomic mass is 32.2. The van der Waals surface area contributed by atoms with E-state index in [1.54, 1.807) is 35.4 Å². The highest BCUT2D eigenvalue weighted by Gasteiger charge is 2.22. The number of carbonyl (C=O) groups excluding carboxylic acids is 1. The molecule has 0 saturated carbocycles. The Bertz CT molecular complexity index is 654. The number of thioether (sulfide) groups is 1. The fourth-order valence-corrected chi connectivity index (χ4v) is 3.19. The first kappa shape index (κ1) is 17.0. The smallest absolute Gasteiger partial charge is 0.288 e. The summed E-state index contributed by atoms with van der Waals surface area (Å²) in [7, 11) is 0. The van der Waals surface area contributed by atoms with Crippen molar-refractivity contribution in [3.05, 3.63) is 54.0 Å². The fraction of sp³-hybridized carbons (Fsp3) is 0.353. The zero-order chi connectivity index (χ0) is 16.9. The Morgan fingerprint density at radius 3 is 2.42 bits per heavy atom. The van der Waals surface area contributed by atoms with Crippen LogP contribution in [0.4, 0.5) is 8.78 Å². The van der Waals surface area contributed by atoms with E-state index in [0.717, 1.165) is 25.4 Å². The molecule has 4 nitrogen and oxygen atoms in total. The minimum atomic E-state index is -2.45. The summed E-state index contributed by atoms with van der Waals surface area (Å²) in [6.45, 7) is 3.60. The molecule has 1 fully saturated rings. The summed E-state index contributed by atoms with van der Waals surface area (Å²) in [6.07, 6.45) is 1.66. The molecule has 0 N–H and O–H groups in total. The van der Waals surface area contributed by atoms with Crippen molar-refractivity contribution >= 4 is 17.7 Å². The molecule has 1 amide bonds. The van der Waals surface area contributed by atoms with Crippen molar-refractivity contribution in [1.82, 2.24) is 9.80 Å². The van der Waals surface area contributed by atoms with Gasteiger partial charge in [-0.3, -0.25) is 9.69 Å². The Kier molecular flexibility index (Phi) is 5.52. The predicted molar refractivity (Wildman–Crippen MR) is 88.2 cm³/mol. The van der Waals surface area contributed by atoms with Crippen LogP contribution in [0.3, 0.4) is 0 Å². The highest BCUT2D eigenvalue weighted by Crippen LogP contribution is 2.25. The summed E-state index contributed by atoms with van der Waals surface area (Å²) in [6, 6.07) is 10.2. The van der Waals surface area contributed by atoms with Crippen molar-refractivity contribution in [3.63, 3.8) is 0 Å². The second-order valence-electron chi connectivity index (χ2n) is 5.55. The van der Waals surface area contributed by atoms with Crippen molar-refractivity contribution in [2.24, 2.45) is 0 Å². The molecule has 128 valence electrons. The number of benzene rings is 1. The molecule has 3 rings (SSSR count). The second-order valence-corrected chi connectivity index (χ2v) is 6.61. The van der Waals surface area contributed by atoms with E-state index in [4.69, 9.17) is 4.42 Å². The number of piperazine rings is 1. The third-order valence-electron chi connectivity index (χ3n) is 3.95. The van der Waals surface area contributed by atoms with Crippen LogP contribution in [0.2, 0.25) is 0 Å². The minimum absolute atomic E-state index is 0.0544. The second kappa shape index (κ2) is 7.81. The lowest BCUT2D eigenvalue weighted by Crippen LogP contribution is -2.48. The molecule has 2 heterocycles. The Labute approximate surface area is 143 Å². The van der Waals surface area contributed by atoms with E-state index in [0.29, 0.717) is 35.3 Å². The molecule has 0 aliphatic carbocycles. The first-order chi connectivity index (χ1) is 11.6. The van der Waals surface area contributed by atoms with Crippen LogP contribution in [0.25, 0.3) is 0 Å². The van der Waals surface area contributed by atoms with Gasteiger partial charge in [0, 0.05) is 36.6 Å². The zero-order valence-corrected chi connectivity index (χ0v) is 13.8. The maximum absolute atomic E-state index is 12.5. The molecule has 1 aromatic carbocycles. The summed E-state index contributed by atoms with van der Waals surface area (Å²) in [4.78, 5) is 17.0. The molecule has 2 aromatic rings. The molecule has 1 aliphatic heterocycles. The lowest BCUT2D eigenvalue weighted by molar-refractivity contribution is 0.0620. The van der Waals surface area contributed by atoms with Gasteiger partial charge >= 0.3 is 0 Å². The number of rotatable bonds is 5. The van der Waals surface area contributed by atoms with Crippen molar-refractivity contribution in [1.29, 1.82) is 0 Å². The Morgan fingerprint density at radius 2 is 1.83 bits per heavy atom. The van der Waals surface area contributed by atoms with E-state index >= 15 is 0 Å². The molecule has 7 heteroatoms. The number of alkyl halides is 2. The summed E-state index contributed by atoms with van der Waals surface area (Å²) < 4.78 is 30.0. The van der Waals surface area contributed by atoms with Crippen molar-refractivity contribution in [2.45, 2.75) is 17.2 Å². The molecule has 1 saturated heterocycles. The molecule has 0 unspecified atom stereocenters. The number of hydrogen-bond donors (Lipinski definition) is 0. The van der Waals surface area contributed by atoms with Gasteiger partial charge in [-0.15, -0.1) is 0 Å². The highest BCUT2D eigenvalue weighted by molar-refractivity contribution is 7.99. The summed E-state index contributed by atoms with van der Waals surface area (Å²) >= 11 is 0.483. The summed E-state index contributed by atoms with van der Waals surface area (Å²) in [5, 5.41) is 0. The molecule has 1 aliphatic rings. The standard InChI is InChI=1S/C17H18F2N2O2S/c18-17(19)24-15-5-3-13(4-6-15)16(22)21-9-7-20(8-10-21)12-14-2-1-11-23-14/h1-6,11,17H,7-10,12H2. The van der Waals surface area contributed by atoms with E-state index < -0.39 is 5.76 Å². The first-order valence-corrected chi connectivity index (χ1v) is 8.58. The van der Waals surface area contributed by atoms with Gasteiger partial charge in [-0.25, -0.2) is 0 Å². The molecule has 0 bridgehead atoms. The maximum Gasteiger partial charge on any atom is 0.288 e. The van der Waals surface area contributed by atoms with E-state index in [9.17, 15) is 13.6 Å². The van der Waals surface area contributed by atoms with Crippen LogP contribution < -0.4 is 0 Å². The van der Waals surface area contributed by atoms with Crippen LogP contribution in [0.15, 0.2) is 52.0 Å². The molecule has 1 aromatic heterocycles. The SMILES string of the molecule is O=C(c1ccc(SC(F)F)cc1)N1CCN(Cc2ccco2)CC1. The van der Waals surface area contributed by atoms with Crippen molar-refractivity contribution in [2.75, 3.05) is 26.2 Å². The Balaban J connectivity index is 1.53. The lowest BCUT2D eigenvalue weighted by atomic mass is 10.2. The quantitative estimate of drug-likeness (QED) is 0.771. The Hall–Kier alpha value is -1.86. The number of carbonyl (C=O) groups is 1. The fourth-order valence-electron chi connectivity index (χ4n) is 2.69. The molecular weight excluding hydrogens is 334 g/mol. The van der Waals surface area contributed by atoms with Crippen LogP contribution in [0, 0.1) is 0 Å². The average Bonchev–Trinajstić information content (AvgIpc) is 3.08. The topological polar surface area (TPSA) is 36.7 Å². The van der Waals surface area contributed by atoms with Gasteiger partial charge < -0.3 is 9.32 Å². The van der Waals surface area contributed by atoms with Crippen LogP contribution >= 0.6 is 11.8 Å². The third kappa shape index (κ3) is 4.36. The predicted octanol–water partition coefficient (Wildman–Crippen LogP) is 3.55. The van der Waals surface area contributed by atoms with E-state index in [1.807, 2.05) is 12.1 Å². The number of amides is 1. The number of hydrogen-bond acceptors (Lipinski definition) is 4. The molecule has 0 radical (unpaired) electrons. The van der Waals surface area contributed by atoms with Crippen LogP contribution in [0.5, 0.6) is 0 Å². The zero-order valence-electron chi connectivity index (χ0n) is 13.0. The maximum atomic E-state index is 12.5. The van der Waals surface area contributed by atoms with Crippen LogP contribution in [0.1, 0.15) is 16.1 Å². The third-order valence-corrected chi connectivity index (χ3v) is 4.67. The Morgan fingerprint density at radius 1 is 1.12 bits per heavy atom. The van der Waals surface area contributed by atoms with Gasteiger partial charge in [-0.2, -0.15) is 8.78 Å². The molecular formula is C17H18F2N2O2S. The van der Waals surface area contributed by atoms with Crippen LogP contribution in [-0.2, 0) is 6.54 Å². The van der Waals surface area contributed by atoms with Gasteiger partial charge in [0.1, 0.15) is 5.76 Å². The summed E-state index contributed by atoms with van der Waals surface area (Å²) in [5.41, 5.74) is 0.535. The van der Waals surface area contributed by atoms with Gasteiger partial charge in [0.25, 0.3) is 11.7 Å². The van der Waals surface area contributed by atoms with Gasteiger partial charge in [0.15, 0.2) is 0 Å². The summed E-state index contributed by atoms with van der Waals surface area (Å²) in [5.74, 6) is -1.59. The molecule has 0 spiro atoms. The first-order valence-electron chi connectivity index (χ1n) is 7.71. The van der Waals surface area contributed by atoms with E-state index in [1.165, 1.54) is 0 Å². The van der Waals surface area contributed by atoms with Gasteiger partial charge in [0.05, 0.1) is 12.8 Å². The normalized spacial score (nSPS) is 15.9. The number of nitrogens with zero attached hydrogens (tertiary/aromatic N) is 2. The van der Waals surface area contributed by atoms with E-state index in [2.05, 4.69) is 4.90 Å². The minimum Gasteiger partial charge on any atom is -0.468 e. The van der Waals surface area contributed by atoms with E-state index in [-0.39, 0.29) is 5.91 Å². The van der Waals surface area contributed by atoms with Gasteiger partial charge in [0.2, 0.25) is 0 Å². The van der Waals surface area contributed by atoms with Gasteiger partial charge in [-0.05, 0) is 36.4 Å². The average molecular weight is 352 g/mol. The number of halogens is 2. The molecule has 0 atom stereocenters. The van der Waals surface area contributed by atoms with Crippen molar-refractivity contribution < 1.29 is 18.0 Å². The number of furan rings is 1. The van der Waals surface area contributed by atoms with Crippen LogP contribution in [-0.4, -0.2) is 47.6 Å². The van der Waals surface area contributed by atoms with Gasteiger partial charge in [-0.1, -0.05) is 11.8 Å². The largest absolute Gasteiger partial charge is 0.468 e.